The van der Waals surface area contributed by atoms with Crippen molar-refractivity contribution in [1.29, 1.82) is 0 Å². The number of nitrogens with one attached hydrogen (secondary N) is 2. The molecular formula is C22H19FN2O4. The lowest BCUT2D eigenvalue weighted by molar-refractivity contribution is -0.118. The van der Waals surface area contributed by atoms with E-state index in [2.05, 4.69) is 10.6 Å². The zero-order chi connectivity index (χ0) is 20.6. The molecule has 3 rings (SSSR count). The van der Waals surface area contributed by atoms with Gasteiger partial charge in [-0.1, -0.05) is 24.3 Å². The van der Waals surface area contributed by atoms with Crippen LogP contribution in [-0.4, -0.2) is 25.5 Å². The lowest BCUT2D eigenvalue weighted by atomic mass is 10.2. The third-order valence-electron chi connectivity index (χ3n) is 3.92. The van der Waals surface area contributed by atoms with Crippen molar-refractivity contribution in [3.05, 3.63) is 84.2 Å². The lowest BCUT2D eigenvalue weighted by Gasteiger charge is -2.11. The first-order valence-corrected chi connectivity index (χ1v) is 8.78. The fourth-order valence-corrected chi connectivity index (χ4v) is 2.59. The minimum atomic E-state index is -0.492. The minimum absolute atomic E-state index is 0.199. The van der Waals surface area contributed by atoms with E-state index in [4.69, 9.17) is 9.47 Å². The standard InChI is InChI=1S/C22H19FN2O4/c1-28-19-10-2-3-11-20(19)29-14-21(26)24-17-8-5-9-18(13-17)25-22(27)15-6-4-7-16(23)12-15/h2-13H,14H2,1H3,(H,24,26)(H,25,27). The summed E-state index contributed by atoms with van der Waals surface area (Å²) in [6.45, 7) is -0.208. The first kappa shape index (κ1) is 19.9. The monoisotopic (exact) mass is 394 g/mol. The lowest BCUT2D eigenvalue weighted by Crippen LogP contribution is -2.20. The van der Waals surface area contributed by atoms with Crippen molar-refractivity contribution >= 4 is 23.2 Å². The number of hydrogen-bond donors (Lipinski definition) is 2. The molecule has 0 bridgehead atoms. The third-order valence-corrected chi connectivity index (χ3v) is 3.92. The Morgan fingerprint density at radius 3 is 2.28 bits per heavy atom. The van der Waals surface area contributed by atoms with Gasteiger partial charge in [0.15, 0.2) is 18.1 Å². The van der Waals surface area contributed by atoms with Crippen molar-refractivity contribution in [3.8, 4) is 11.5 Å². The Kier molecular flexibility index (Phi) is 6.42. The molecule has 0 aliphatic carbocycles. The number of methoxy groups -OCH3 is 1. The van der Waals surface area contributed by atoms with Crippen LogP contribution in [0.4, 0.5) is 15.8 Å². The average Bonchev–Trinajstić information content (AvgIpc) is 2.72. The molecule has 3 aromatic rings. The molecule has 148 valence electrons. The predicted octanol–water partition coefficient (Wildman–Crippen LogP) is 4.10. The Balaban J connectivity index is 1.59. The normalized spacial score (nSPS) is 10.1. The van der Waals surface area contributed by atoms with Crippen molar-refractivity contribution in [2.75, 3.05) is 24.4 Å². The Labute approximate surface area is 167 Å². The fourth-order valence-electron chi connectivity index (χ4n) is 2.59. The van der Waals surface area contributed by atoms with Crippen LogP contribution in [0.3, 0.4) is 0 Å². The van der Waals surface area contributed by atoms with Gasteiger partial charge in [0.05, 0.1) is 7.11 Å². The van der Waals surface area contributed by atoms with Crippen molar-refractivity contribution in [3.63, 3.8) is 0 Å². The summed E-state index contributed by atoms with van der Waals surface area (Å²) < 4.78 is 23.9. The summed E-state index contributed by atoms with van der Waals surface area (Å²) in [5.41, 5.74) is 1.14. The van der Waals surface area contributed by atoms with Crippen LogP contribution in [0.5, 0.6) is 11.5 Å². The number of anilines is 2. The van der Waals surface area contributed by atoms with Gasteiger partial charge in [-0.25, -0.2) is 4.39 Å². The summed E-state index contributed by atoms with van der Waals surface area (Å²) in [5.74, 6) is -0.325. The van der Waals surface area contributed by atoms with Gasteiger partial charge in [0.25, 0.3) is 11.8 Å². The minimum Gasteiger partial charge on any atom is -0.493 e. The molecule has 0 aromatic heterocycles. The predicted molar refractivity (Wildman–Crippen MR) is 108 cm³/mol. The summed E-state index contributed by atoms with van der Waals surface area (Å²) in [6.07, 6.45) is 0. The van der Waals surface area contributed by atoms with Crippen molar-refractivity contribution in [1.82, 2.24) is 0 Å². The molecule has 2 N–H and O–H groups in total. The van der Waals surface area contributed by atoms with Crippen LogP contribution >= 0.6 is 0 Å². The number of carbonyl (C=O) groups excluding carboxylic acids is 2. The second-order valence-electron chi connectivity index (χ2n) is 6.03. The van der Waals surface area contributed by atoms with Crippen molar-refractivity contribution in [2.45, 2.75) is 0 Å². The van der Waals surface area contributed by atoms with Crippen LogP contribution < -0.4 is 20.1 Å². The summed E-state index contributed by atoms with van der Waals surface area (Å²) in [7, 11) is 1.52. The SMILES string of the molecule is COc1ccccc1OCC(=O)Nc1cccc(NC(=O)c2cccc(F)c2)c1. The summed E-state index contributed by atoms with van der Waals surface area (Å²) in [4.78, 5) is 24.4. The number of hydrogen-bond acceptors (Lipinski definition) is 4. The van der Waals surface area contributed by atoms with Gasteiger partial charge in [0, 0.05) is 16.9 Å². The van der Waals surface area contributed by atoms with E-state index in [-0.39, 0.29) is 18.1 Å². The second kappa shape index (κ2) is 9.36. The van der Waals surface area contributed by atoms with Crippen LogP contribution in [0.25, 0.3) is 0 Å². The molecule has 6 nitrogen and oxygen atoms in total. The van der Waals surface area contributed by atoms with Crippen LogP contribution in [-0.2, 0) is 4.79 Å². The molecule has 0 atom stereocenters. The number of halogens is 1. The first-order valence-electron chi connectivity index (χ1n) is 8.78. The van der Waals surface area contributed by atoms with Crippen LogP contribution in [0.2, 0.25) is 0 Å². The third kappa shape index (κ3) is 5.55. The van der Waals surface area contributed by atoms with Gasteiger partial charge in [-0.05, 0) is 48.5 Å². The Bertz CT molecular complexity index is 1020. The molecule has 0 saturated carbocycles. The van der Waals surface area contributed by atoms with Crippen molar-refractivity contribution in [2.24, 2.45) is 0 Å². The zero-order valence-electron chi connectivity index (χ0n) is 15.6. The highest BCUT2D eigenvalue weighted by Crippen LogP contribution is 2.25. The molecule has 3 aromatic carbocycles. The molecule has 2 amide bonds. The summed E-state index contributed by atoms with van der Waals surface area (Å²) in [6, 6.07) is 19.0. The number of benzene rings is 3. The molecule has 0 aliphatic rings. The highest BCUT2D eigenvalue weighted by Gasteiger charge is 2.10. The van der Waals surface area contributed by atoms with Crippen molar-refractivity contribution < 1.29 is 23.5 Å². The molecule has 0 saturated heterocycles. The Morgan fingerprint density at radius 1 is 0.862 bits per heavy atom. The maximum Gasteiger partial charge on any atom is 0.262 e. The second-order valence-corrected chi connectivity index (χ2v) is 6.03. The molecule has 29 heavy (non-hydrogen) atoms. The van der Waals surface area contributed by atoms with Crippen LogP contribution in [0.15, 0.2) is 72.8 Å². The van der Waals surface area contributed by atoms with E-state index >= 15 is 0 Å². The number of amides is 2. The molecule has 7 heteroatoms. The van der Waals surface area contributed by atoms with Crippen LogP contribution in [0, 0.1) is 5.82 Å². The van der Waals surface area contributed by atoms with E-state index in [1.54, 1.807) is 48.5 Å². The van der Waals surface area contributed by atoms with Gasteiger partial charge in [0.1, 0.15) is 5.82 Å². The molecule has 0 spiro atoms. The molecule has 0 unspecified atom stereocenters. The van der Waals surface area contributed by atoms with E-state index in [1.807, 2.05) is 0 Å². The molecule has 0 fully saturated rings. The van der Waals surface area contributed by atoms with E-state index in [0.29, 0.717) is 22.9 Å². The van der Waals surface area contributed by atoms with Gasteiger partial charge in [-0.2, -0.15) is 0 Å². The maximum absolute atomic E-state index is 13.3. The largest absolute Gasteiger partial charge is 0.493 e. The van der Waals surface area contributed by atoms with E-state index < -0.39 is 11.7 Å². The zero-order valence-corrected chi connectivity index (χ0v) is 15.6. The Morgan fingerprint density at radius 2 is 1.55 bits per heavy atom. The molecule has 0 aliphatic heterocycles. The smallest absolute Gasteiger partial charge is 0.262 e. The number of para-hydroxylation sites is 2. The van der Waals surface area contributed by atoms with E-state index in [0.717, 1.165) is 6.07 Å². The molecule has 0 heterocycles. The number of ether oxygens (including phenoxy) is 2. The van der Waals surface area contributed by atoms with Gasteiger partial charge in [0.2, 0.25) is 0 Å². The Hall–Kier alpha value is -3.87. The summed E-state index contributed by atoms with van der Waals surface area (Å²) in [5, 5.41) is 5.36. The first-order chi connectivity index (χ1) is 14.0. The maximum atomic E-state index is 13.3. The van der Waals surface area contributed by atoms with Gasteiger partial charge in [-0.3, -0.25) is 9.59 Å². The number of carbonyl (C=O) groups is 2. The quantitative estimate of drug-likeness (QED) is 0.632. The highest BCUT2D eigenvalue weighted by molar-refractivity contribution is 6.04. The van der Waals surface area contributed by atoms with E-state index in [9.17, 15) is 14.0 Å². The topological polar surface area (TPSA) is 76.7 Å². The van der Waals surface area contributed by atoms with Gasteiger partial charge < -0.3 is 20.1 Å². The molecular weight excluding hydrogens is 375 g/mol. The highest BCUT2D eigenvalue weighted by atomic mass is 19.1. The van der Waals surface area contributed by atoms with E-state index in [1.165, 1.54) is 25.3 Å². The molecule has 0 radical (unpaired) electrons. The van der Waals surface area contributed by atoms with Gasteiger partial charge in [-0.15, -0.1) is 0 Å². The van der Waals surface area contributed by atoms with Gasteiger partial charge >= 0.3 is 0 Å². The van der Waals surface area contributed by atoms with Crippen LogP contribution in [0.1, 0.15) is 10.4 Å². The fraction of sp³-hybridized carbons (Fsp3) is 0.0909. The average molecular weight is 394 g/mol. The summed E-state index contributed by atoms with van der Waals surface area (Å²) >= 11 is 0. The number of rotatable bonds is 7.